The van der Waals surface area contributed by atoms with Gasteiger partial charge in [-0.15, -0.1) is 0 Å². The van der Waals surface area contributed by atoms with E-state index < -0.39 is 0 Å². The lowest BCUT2D eigenvalue weighted by atomic mass is 9.92. The van der Waals surface area contributed by atoms with Crippen LogP contribution in [0, 0.1) is 10.1 Å². The first-order valence-electron chi connectivity index (χ1n) is 5.62. The van der Waals surface area contributed by atoms with Gasteiger partial charge in [0.15, 0.2) is 0 Å². The molecule has 2 unspecified atom stereocenters. The molecule has 1 fully saturated rings. The minimum absolute atomic E-state index is 0.149. The van der Waals surface area contributed by atoms with E-state index in [9.17, 15) is 10.1 Å². The Labute approximate surface area is 114 Å². The summed E-state index contributed by atoms with van der Waals surface area (Å²) in [5.41, 5.74) is 1.29. The van der Waals surface area contributed by atoms with Crippen LogP contribution in [0.2, 0.25) is 0 Å². The van der Waals surface area contributed by atoms with Crippen molar-refractivity contribution in [1.82, 2.24) is 0 Å². The zero-order chi connectivity index (χ0) is 12.3. The van der Waals surface area contributed by atoms with Crippen molar-refractivity contribution >= 4 is 28.3 Å². The summed E-state index contributed by atoms with van der Waals surface area (Å²) in [6.07, 6.45) is 2.56. The average molecular weight is 347 g/mol. The van der Waals surface area contributed by atoms with Crippen LogP contribution in [0.5, 0.6) is 0 Å². The second-order valence-corrected chi connectivity index (χ2v) is 5.11. The van der Waals surface area contributed by atoms with Gasteiger partial charge >= 0.3 is 0 Å². The van der Waals surface area contributed by atoms with E-state index in [1.165, 1.54) is 0 Å². The van der Waals surface area contributed by atoms with E-state index in [1.54, 1.807) is 12.1 Å². The molecule has 1 heterocycles. The third kappa shape index (κ3) is 3.16. The summed E-state index contributed by atoms with van der Waals surface area (Å²) in [4.78, 5) is 10.2. The van der Waals surface area contributed by atoms with Crippen molar-refractivity contribution < 1.29 is 9.66 Å². The molecule has 0 radical (unpaired) electrons. The van der Waals surface area contributed by atoms with Crippen LogP contribution < -0.4 is 0 Å². The molecular weight excluding hydrogens is 333 g/mol. The second-order valence-electron chi connectivity index (χ2n) is 4.23. The van der Waals surface area contributed by atoms with Crippen LogP contribution in [0.25, 0.3) is 0 Å². The number of alkyl halides is 1. The molecule has 5 heteroatoms. The molecule has 1 aromatic rings. The van der Waals surface area contributed by atoms with E-state index in [2.05, 4.69) is 22.6 Å². The molecule has 2 atom stereocenters. The molecule has 1 aliphatic heterocycles. The molecule has 0 saturated carbocycles. The largest absolute Gasteiger partial charge is 0.377 e. The van der Waals surface area contributed by atoms with Gasteiger partial charge in [-0.05, 0) is 18.4 Å². The molecule has 1 saturated heterocycles. The normalized spacial score (nSPS) is 24.5. The van der Waals surface area contributed by atoms with Gasteiger partial charge in [0, 0.05) is 22.5 Å². The number of nitro groups is 1. The molecule has 0 amide bonds. The van der Waals surface area contributed by atoms with Crippen LogP contribution >= 0.6 is 22.6 Å². The highest BCUT2D eigenvalue weighted by atomic mass is 127. The van der Waals surface area contributed by atoms with Crippen molar-refractivity contribution in [3.8, 4) is 0 Å². The lowest BCUT2D eigenvalue weighted by molar-refractivity contribution is -0.384. The first-order valence-corrected chi connectivity index (χ1v) is 7.15. The molecule has 0 spiro atoms. The molecule has 2 rings (SSSR count). The smallest absolute Gasteiger partial charge is 0.269 e. The summed E-state index contributed by atoms with van der Waals surface area (Å²) in [5.74, 6) is 0.384. The minimum Gasteiger partial charge on any atom is -0.377 e. The summed E-state index contributed by atoms with van der Waals surface area (Å²) in [7, 11) is 0. The van der Waals surface area contributed by atoms with Crippen molar-refractivity contribution in [2.45, 2.75) is 24.9 Å². The van der Waals surface area contributed by atoms with Crippen molar-refractivity contribution in [2.24, 2.45) is 0 Å². The summed E-state index contributed by atoms with van der Waals surface area (Å²) < 4.78 is 6.76. The number of ether oxygens (including phenoxy) is 1. The van der Waals surface area contributed by atoms with Gasteiger partial charge in [-0.1, -0.05) is 34.7 Å². The fourth-order valence-electron chi connectivity index (χ4n) is 2.06. The first kappa shape index (κ1) is 12.8. The summed E-state index contributed by atoms with van der Waals surface area (Å²) in [5, 5.41) is 10.6. The molecule has 92 valence electrons. The Hall–Kier alpha value is -0.690. The topological polar surface area (TPSA) is 52.4 Å². The number of hydrogen-bond donors (Lipinski definition) is 0. The summed E-state index contributed by atoms with van der Waals surface area (Å²) in [6.45, 7) is 0.728. The highest BCUT2D eigenvalue weighted by Crippen LogP contribution is 2.29. The average Bonchev–Trinajstić information content (AvgIpc) is 2.39. The highest BCUT2D eigenvalue weighted by Gasteiger charge is 2.22. The number of rotatable bonds is 3. The van der Waals surface area contributed by atoms with E-state index in [0.29, 0.717) is 12.0 Å². The second kappa shape index (κ2) is 5.77. The van der Waals surface area contributed by atoms with Gasteiger partial charge in [-0.2, -0.15) is 0 Å². The van der Waals surface area contributed by atoms with E-state index in [1.807, 2.05) is 12.1 Å². The standard InChI is InChI=1S/C12H14INO3/c13-7-12-6-3-10(8-17-12)9-1-4-11(5-2-9)14(15)16/h1-2,4-5,10,12H,3,6-8H2. The molecule has 0 N–H and O–H groups in total. The van der Waals surface area contributed by atoms with Gasteiger partial charge in [0.05, 0.1) is 17.6 Å². The predicted molar refractivity (Wildman–Crippen MR) is 73.7 cm³/mol. The van der Waals surface area contributed by atoms with Crippen molar-refractivity contribution in [3.63, 3.8) is 0 Å². The lowest BCUT2D eigenvalue weighted by Gasteiger charge is -2.28. The Bertz CT molecular complexity index is 385. The van der Waals surface area contributed by atoms with Gasteiger partial charge in [-0.25, -0.2) is 0 Å². The first-order chi connectivity index (χ1) is 8.20. The minimum atomic E-state index is -0.368. The SMILES string of the molecule is O=[N+]([O-])c1ccc(C2CCC(CI)OC2)cc1. The predicted octanol–water partition coefficient (Wildman–Crippen LogP) is 3.29. The zero-order valence-corrected chi connectivity index (χ0v) is 11.5. The maximum absolute atomic E-state index is 10.6. The Morgan fingerprint density at radius 3 is 2.53 bits per heavy atom. The number of hydrogen-bond acceptors (Lipinski definition) is 3. The van der Waals surface area contributed by atoms with Gasteiger partial charge in [0.1, 0.15) is 0 Å². The number of non-ortho nitro benzene ring substituents is 1. The van der Waals surface area contributed by atoms with E-state index >= 15 is 0 Å². The summed E-state index contributed by atoms with van der Waals surface area (Å²) in [6, 6.07) is 6.83. The fourth-order valence-corrected chi connectivity index (χ4v) is 2.75. The Kier molecular flexibility index (Phi) is 4.33. The van der Waals surface area contributed by atoms with Gasteiger partial charge < -0.3 is 4.74 Å². The van der Waals surface area contributed by atoms with E-state index in [-0.39, 0.29) is 10.6 Å². The van der Waals surface area contributed by atoms with Crippen molar-refractivity contribution in [1.29, 1.82) is 0 Å². The number of nitrogens with zero attached hydrogens (tertiary/aromatic N) is 1. The number of benzene rings is 1. The van der Waals surface area contributed by atoms with Gasteiger partial charge in [0.2, 0.25) is 0 Å². The summed E-state index contributed by atoms with van der Waals surface area (Å²) >= 11 is 2.34. The molecule has 17 heavy (non-hydrogen) atoms. The van der Waals surface area contributed by atoms with Crippen LogP contribution in [-0.2, 0) is 4.74 Å². The van der Waals surface area contributed by atoms with Gasteiger partial charge in [0.25, 0.3) is 5.69 Å². The Balaban J connectivity index is 2.01. The maximum atomic E-state index is 10.6. The molecule has 0 aromatic heterocycles. The zero-order valence-electron chi connectivity index (χ0n) is 9.34. The Morgan fingerprint density at radius 1 is 1.35 bits per heavy atom. The van der Waals surface area contributed by atoms with E-state index in [0.717, 1.165) is 29.4 Å². The molecular formula is C12H14INO3. The Morgan fingerprint density at radius 2 is 2.06 bits per heavy atom. The van der Waals surface area contributed by atoms with E-state index in [4.69, 9.17) is 4.74 Å². The molecule has 1 aliphatic rings. The van der Waals surface area contributed by atoms with Crippen molar-refractivity contribution in [3.05, 3.63) is 39.9 Å². The third-order valence-corrected chi connectivity index (χ3v) is 4.10. The van der Waals surface area contributed by atoms with Crippen LogP contribution in [0.4, 0.5) is 5.69 Å². The maximum Gasteiger partial charge on any atom is 0.269 e. The molecule has 1 aromatic carbocycles. The van der Waals surface area contributed by atoms with Crippen molar-refractivity contribution in [2.75, 3.05) is 11.0 Å². The third-order valence-electron chi connectivity index (χ3n) is 3.12. The lowest BCUT2D eigenvalue weighted by Crippen LogP contribution is -2.25. The molecule has 4 nitrogen and oxygen atoms in total. The molecule has 0 bridgehead atoms. The van der Waals surface area contributed by atoms with Crippen LogP contribution in [0.15, 0.2) is 24.3 Å². The number of halogens is 1. The fraction of sp³-hybridized carbons (Fsp3) is 0.500. The number of nitro benzene ring substituents is 1. The van der Waals surface area contributed by atoms with Crippen LogP contribution in [0.1, 0.15) is 24.3 Å². The van der Waals surface area contributed by atoms with Gasteiger partial charge in [-0.3, -0.25) is 10.1 Å². The monoisotopic (exact) mass is 347 g/mol. The van der Waals surface area contributed by atoms with Crippen LogP contribution in [0.3, 0.4) is 0 Å². The molecule has 0 aliphatic carbocycles. The highest BCUT2D eigenvalue weighted by molar-refractivity contribution is 14.1. The quantitative estimate of drug-likeness (QED) is 0.365. The van der Waals surface area contributed by atoms with Crippen LogP contribution in [-0.4, -0.2) is 22.1 Å².